The number of aryl methyl sites for hydroxylation is 1. The number of carbonyl (C=O) groups excluding carboxylic acids is 1. The maximum Gasteiger partial charge on any atom is 0.230 e. The third kappa shape index (κ3) is 3.36. The molecular formula is C17H21N5OS. The second kappa shape index (κ2) is 7.61. The Morgan fingerprint density at radius 2 is 2.04 bits per heavy atom. The minimum Gasteiger partial charge on any atom is -0.355 e. The fraction of sp³-hybridized carbons (Fsp3) is 0.412. The van der Waals surface area contributed by atoms with Crippen LogP contribution in [0, 0.1) is 0 Å². The van der Waals surface area contributed by atoms with Crippen molar-refractivity contribution >= 4 is 39.7 Å². The first-order valence-electron chi connectivity index (χ1n) is 8.25. The lowest BCUT2D eigenvalue weighted by atomic mass is 10.2. The fourth-order valence-corrected chi connectivity index (χ4v) is 3.26. The monoisotopic (exact) mass is 343 g/mol. The summed E-state index contributed by atoms with van der Waals surface area (Å²) in [5.74, 6) is 0.306. The number of aromatic nitrogens is 4. The van der Waals surface area contributed by atoms with Crippen LogP contribution < -0.4 is 5.32 Å². The molecule has 3 aromatic rings. The van der Waals surface area contributed by atoms with Crippen molar-refractivity contribution in [3.05, 3.63) is 24.3 Å². The molecule has 1 aromatic carbocycles. The Balaban J connectivity index is 1.91. The van der Waals surface area contributed by atoms with E-state index in [2.05, 4.69) is 38.1 Å². The Morgan fingerprint density at radius 1 is 1.21 bits per heavy atom. The van der Waals surface area contributed by atoms with Gasteiger partial charge in [0.1, 0.15) is 5.52 Å². The highest BCUT2D eigenvalue weighted by Crippen LogP contribution is 2.27. The molecule has 3 rings (SSSR count). The number of rotatable bonds is 7. The van der Waals surface area contributed by atoms with Crippen LogP contribution in [0.5, 0.6) is 0 Å². The van der Waals surface area contributed by atoms with Gasteiger partial charge < -0.3 is 9.88 Å². The molecular weight excluding hydrogens is 322 g/mol. The lowest BCUT2D eigenvalue weighted by molar-refractivity contribution is -0.118. The number of benzene rings is 1. The number of carbonyl (C=O) groups is 1. The number of nitrogens with one attached hydrogen (secondary N) is 1. The summed E-state index contributed by atoms with van der Waals surface area (Å²) >= 11 is 1.32. The summed E-state index contributed by atoms with van der Waals surface area (Å²) < 4.78 is 2.18. The lowest BCUT2D eigenvalue weighted by Gasteiger charge is -2.05. The van der Waals surface area contributed by atoms with E-state index in [0.717, 1.165) is 41.5 Å². The van der Waals surface area contributed by atoms with Gasteiger partial charge in [0.15, 0.2) is 5.65 Å². The van der Waals surface area contributed by atoms with Crippen molar-refractivity contribution in [1.29, 1.82) is 0 Å². The summed E-state index contributed by atoms with van der Waals surface area (Å²) in [6.07, 6.45) is 1.94. The topological polar surface area (TPSA) is 72.7 Å². The number of thioether (sulfide) groups is 1. The molecule has 0 bridgehead atoms. The van der Waals surface area contributed by atoms with E-state index in [4.69, 9.17) is 0 Å². The standard InChI is InChI=1S/C17H21N5OS/c1-3-9-18-14(23)11-24-17-19-16-15(20-21-17)12-7-5-6-8-13(12)22(16)10-4-2/h5-8H,3-4,9-11H2,1-2H3,(H,18,23). The molecule has 0 fully saturated rings. The molecule has 0 aliphatic heterocycles. The fourth-order valence-electron chi connectivity index (χ4n) is 2.65. The Labute approximate surface area is 145 Å². The molecule has 2 aromatic heterocycles. The van der Waals surface area contributed by atoms with Crippen LogP contribution in [0.3, 0.4) is 0 Å². The van der Waals surface area contributed by atoms with E-state index >= 15 is 0 Å². The van der Waals surface area contributed by atoms with Gasteiger partial charge >= 0.3 is 0 Å². The van der Waals surface area contributed by atoms with E-state index in [1.807, 2.05) is 25.1 Å². The molecule has 0 atom stereocenters. The Kier molecular flexibility index (Phi) is 5.30. The average Bonchev–Trinajstić information content (AvgIpc) is 2.92. The third-order valence-corrected chi connectivity index (χ3v) is 4.54. The predicted molar refractivity (Wildman–Crippen MR) is 97.1 cm³/mol. The van der Waals surface area contributed by atoms with Gasteiger partial charge in [0.2, 0.25) is 11.1 Å². The van der Waals surface area contributed by atoms with Gasteiger partial charge in [0, 0.05) is 18.5 Å². The van der Waals surface area contributed by atoms with Gasteiger partial charge in [-0.3, -0.25) is 4.79 Å². The molecule has 24 heavy (non-hydrogen) atoms. The number of hydrogen-bond acceptors (Lipinski definition) is 5. The number of nitrogens with zero attached hydrogens (tertiary/aromatic N) is 4. The van der Waals surface area contributed by atoms with E-state index in [9.17, 15) is 4.79 Å². The van der Waals surface area contributed by atoms with E-state index < -0.39 is 0 Å². The first-order valence-corrected chi connectivity index (χ1v) is 9.24. The SMILES string of the molecule is CCCNC(=O)CSc1nnc2c3ccccc3n(CCC)c2n1. The highest BCUT2D eigenvalue weighted by molar-refractivity contribution is 7.99. The van der Waals surface area contributed by atoms with Gasteiger partial charge in [-0.2, -0.15) is 0 Å². The van der Waals surface area contributed by atoms with Gasteiger partial charge in [-0.1, -0.05) is 43.8 Å². The average molecular weight is 343 g/mol. The van der Waals surface area contributed by atoms with Crippen LogP contribution in [0.15, 0.2) is 29.4 Å². The molecule has 0 radical (unpaired) electrons. The second-order valence-corrected chi connectivity index (χ2v) is 6.52. The number of amides is 1. The number of fused-ring (bicyclic) bond motifs is 3. The van der Waals surface area contributed by atoms with Gasteiger partial charge in [-0.15, -0.1) is 10.2 Å². The van der Waals surface area contributed by atoms with E-state index in [0.29, 0.717) is 17.5 Å². The zero-order valence-corrected chi connectivity index (χ0v) is 14.8. The molecule has 0 aliphatic carbocycles. The maximum absolute atomic E-state index is 11.7. The van der Waals surface area contributed by atoms with Crippen LogP contribution in [0.25, 0.3) is 22.1 Å². The van der Waals surface area contributed by atoms with Crippen LogP contribution in [-0.2, 0) is 11.3 Å². The molecule has 7 heteroatoms. The molecule has 0 spiro atoms. The van der Waals surface area contributed by atoms with Gasteiger partial charge in [-0.25, -0.2) is 4.98 Å². The van der Waals surface area contributed by atoms with Gasteiger partial charge in [0.05, 0.1) is 11.3 Å². The van der Waals surface area contributed by atoms with Crippen molar-refractivity contribution in [3.63, 3.8) is 0 Å². The molecule has 126 valence electrons. The number of para-hydroxylation sites is 1. The van der Waals surface area contributed by atoms with E-state index in [1.54, 1.807) is 0 Å². The molecule has 2 heterocycles. The van der Waals surface area contributed by atoms with Crippen LogP contribution >= 0.6 is 11.8 Å². The van der Waals surface area contributed by atoms with Crippen molar-refractivity contribution in [3.8, 4) is 0 Å². The van der Waals surface area contributed by atoms with Crippen molar-refractivity contribution < 1.29 is 4.79 Å². The smallest absolute Gasteiger partial charge is 0.230 e. The summed E-state index contributed by atoms with van der Waals surface area (Å²) in [6, 6.07) is 8.15. The summed E-state index contributed by atoms with van der Waals surface area (Å²) in [6.45, 7) is 5.75. The Morgan fingerprint density at radius 3 is 2.83 bits per heavy atom. The van der Waals surface area contributed by atoms with Crippen molar-refractivity contribution in [1.82, 2.24) is 25.1 Å². The summed E-state index contributed by atoms with van der Waals surface area (Å²) in [4.78, 5) is 16.4. The van der Waals surface area contributed by atoms with Gasteiger partial charge in [-0.05, 0) is 18.9 Å². The van der Waals surface area contributed by atoms with Crippen LogP contribution in [0.2, 0.25) is 0 Å². The molecule has 6 nitrogen and oxygen atoms in total. The van der Waals surface area contributed by atoms with Crippen molar-refractivity contribution in [2.45, 2.75) is 38.4 Å². The lowest BCUT2D eigenvalue weighted by Crippen LogP contribution is -2.25. The predicted octanol–water partition coefficient (Wildman–Crippen LogP) is 3.01. The van der Waals surface area contributed by atoms with Crippen LogP contribution in [0.4, 0.5) is 0 Å². The zero-order chi connectivity index (χ0) is 16.9. The first kappa shape index (κ1) is 16.7. The highest BCUT2D eigenvalue weighted by Gasteiger charge is 2.14. The molecule has 0 aliphatic rings. The molecule has 0 unspecified atom stereocenters. The minimum atomic E-state index is -0.000325. The van der Waals surface area contributed by atoms with Crippen molar-refractivity contribution in [2.75, 3.05) is 12.3 Å². The molecule has 1 amide bonds. The molecule has 1 N–H and O–H groups in total. The van der Waals surface area contributed by atoms with E-state index in [1.165, 1.54) is 11.8 Å². The zero-order valence-electron chi connectivity index (χ0n) is 14.0. The summed E-state index contributed by atoms with van der Waals surface area (Å²) in [5.41, 5.74) is 2.78. The van der Waals surface area contributed by atoms with Crippen molar-refractivity contribution in [2.24, 2.45) is 0 Å². The molecule has 0 saturated carbocycles. The van der Waals surface area contributed by atoms with Gasteiger partial charge in [0.25, 0.3) is 0 Å². The maximum atomic E-state index is 11.7. The summed E-state index contributed by atoms with van der Waals surface area (Å²) in [5, 5.41) is 13.0. The quantitative estimate of drug-likeness (QED) is 0.668. The first-order chi connectivity index (χ1) is 11.7. The largest absolute Gasteiger partial charge is 0.355 e. The number of hydrogen-bond donors (Lipinski definition) is 1. The van der Waals surface area contributed by atoms with E-state index in [-0.39, 0.29) is 5.91 Å². The normalized spacial score (nSPS) is 11.2. The summed E-state index contributed by atoms with van der Waals surface area (Å²) in [7, 11) is 0. The Hall–Kier alpha value is -2.15. The van der Waals surface area contributed by atoms with Crippen LogP contribution in [-0.4, -0.2) is 38.0 Å². The second-order valence-electron chi connectivity index (χ2n) is 5.57. The van der Waals surface area contributed by atoms with Crippen LogP contribution in [0.1, 0.15) is 26.7 Å². The highest BCUT2D eigenvalue weighted by atomic mass is 32.2. The molecule has 0 saturated heterocycles. The third-order valence-electron chi connectivity index (χ3n) is 3.71. The minimum absolute atomic E-state index is 0.000325. The Bertz CT molecular complexity index is 861.